The molecule has 4 rings (SSSR count). The third-order valence-electron chi connectivity index (χ3n) is 4.25. The first kappa shape index (κ1) is 16.8. The normalized spacial score (nSPS) is 11.1. The fourth-order valence-electron chi connectivity index (χ4n) is 2.93. The van der Waals surface area contributed by atoms with Crippen LogP contribution in [-0.2, 0) is 14.1 Å². The van der Waals surface area contributed by atoms with E-state index in [1.807, 2.05) is 73.3 Å². The Kier molecular flexibility index (Phi) is 4.26. The van der Waals surface area contributed by atoms with E-state index in [1.165, 1.54) is 0 Å². The van der Waals surface area contributed by atoms with Gasteiger partial charge in [0.2, 0.25) is 0 Å². The molecule has 4 aromatic rings. The molecule has 0 saturated carbocycles. The van der Waals surface area contributed by atoms with Gasteiger partial charge in [0.05, 0.1) is 10.7 Å². The average Bonchev–Trinajstić information content (AvgIpc) is 3.19. The molecule has 0 aliphatic carbocycles. The maximum absolute atomic E-state index is 6.33. The van der Waals surface area contributed by atoms with Crippen molar-refractivity contribution < 1.29 is 0 Å². The zero-order valence-corrected chi connectivity index (χ0v) is 15.7. The number of benzene rings is 2. The second kappa shape index (κ2) is 6.59. The zero-order chi connectivity index (χ0) is 18.3. The lowest BCUT2D eigenvalue weighted by Gasteiger charge is -2.04. The van der Waals surface area contributed by atoms with Crippen molar-refractivity contribution in [1.29, 1.82) is 0 Å². The maximum Gasteiger partial charge on any atom is 0.184 e. The van der Waals surface area contributed by atoms with Crippen molar-refractivity contribution in [3.05, 3.63) is 64.6 Å². The van der Waals surface area contributed by atoms with Crippen molar-refractivity contribution in [2.75, 3.05) is 0 Å². The van der Waals surface area contributed by atoms with Gasteiger partial charge in [-0.25, -0.2) is 0 Å². The monoisotopic (exact) mass is 383 g/mol. The Morgan fingerprint density at radius 1 is 0.769 bits per heavy atom. The van der Waals surface area contributed by atoms with Crippen LogP contribution in [0.3, 0.4) is 0 Å². The van der Waals surface area contributed by atoms with Crippen molar-refractivity contribution >= 4 is 23.2 Å². The minimum atomic E-state index is 0.632. The Morgan fingerprint density at radius 2 is 1.35 bits per heavy atom. The average molecular weight is 384 g/mol. The van der Waals surface area contributed by atoms with Gasteiger partial charge in [-0.1, -0.05) is 53.5 Å². The summed E-state index contributed by atoms with van der Waals surface area (Å²) in [6.45, 7) is 0. The van der Waals surface area contributed by atoms with Gasteiger partial charge in [0.25, 0.3) is 0 Å². The topological polar surface area (TPSA) is 48.5 Å². The molecule has 0 aliphatic rings. The smallest absolute Gasteiger partial charge is 0.184 e. The summed E-state index contributed by atoms with van der Waals surface area (Å²) < 4.78 is 3.68. The predicted octanol–water partition coefficient (Wildman–Crippen LogP) is 4.86. The summed E-state index contributed by atoms with van der Waals surface area (Å²) in [7, 11) is 3.78. The molecule has 0 bridgehead atoms. The van der Waals surface area contributed by atoms with Gasteiger partial charge in [0.15, 0.2) is 11.6 Å². The molecule has 0 saturated heterocycles. The molecule has 2 heterocycles. The first-order chi connectivity index (χ1) is 12.6. The van der Waals surface area contributed by atoms with E-state index < -0.39 is 0 Å². The Hall–Kier alpha value is -2.63. The Morgan fingerprint density at radius 3 is 2.00 bits per heavy atom. The molecular weight excluding hydrogens is 369 g/mol. The van der Waals surface area contributed by atoms with Crippen LogP contribution in [0.1, 0.15) is 0 Å². The van der Waals surface area contributed by atoms with Crippen LogP contribution in [0, 0.1) is 0 Å². The Labute approximate surface area is 160 Å². The van der Waals surface area contributed by atoms with Gasteiger partial charge in [0, 0.05) is 30.2 Å². The maximum atomic E-state index is 6.33. The molecule has 0 atom stereocenters. The number of halogens is 2. The molecule has 2 aromatic heterocycles. The summed E-state index contributed by atoms with van der Waals surface area (Å²) in [5.74, 6) is 1.35. The highest BCUT2D eigenvalue weighted by Gasteiger charge is 2.18. The van der Waals surface area contributed by atoms with E-state index in [-0.39, 0.29) is 0 Å². The van der Waals surface area contributed by atoms with Crippen LogP contribution in [-0.4, -0.2) is 24.5 Å². The molecule has 0 radical (unpaired) electrons. The molecular formula is C19H15Cl2N5. The first-order valence-corrected chi connectivity index (χ1v) is 8.75. The molecule has 7 heteroatoms. The van der Waals surface area contributed by atoms with Crippen molar-refractivity contribution in [1.82, 2.24) is 24.5 Å². The van der Waals surface area contributed by atoms with Gasteiger partial charge >= 0.3 is 0 Å². The van der Waals surface area contributed by atoms with E-state index >= 15 is 0 Å². The summed E-state index contributed by atoms with van der Waals surface area (Å²) in [5, 5.41) is 14.5. The van der Waals surface area contributed by atoms with Gasteiger partial charge in [0.1, 0.15) is 5.69 Å². The fraction of sp³-hybridized carbons (Fsp3) is 0.105. The Balaban J connectivity index is 1.80. The number of nitrogens with zero attached hydrogens (tertiary/aromatic N) is 5. The lowest BCUT2D eigenvalue weighted by atomic mass is 10.1. The van der Waals surface area contributed by atoms with Crippen LogP contribution in [0.2, 0.25) is 10.0 Å². The second-order valence-electron chi connectivity index (χ2n) is 5.90. The number of hydrogen-bond donors (Lipinski definition) is 0. The van der Waals surface area contributed by atoms with E-state index in [0.29, 0.717) is 21.7 Å². The van der Waals surface area contributed by atoms with Crippen molar-refractivity contribution in [2.45, 2.75) is 0 Å². The SMILES string of the molecule is Cn1nc(-c2nnc(-c3ccccc3Cl)n2C)cc1-c1ccccc1Cl. The van der Waals surface area contributed by atoms with Crippen LogP contribution in [0.15, 0.2) is 54.6 Å². The fourth-order valence-corrected chi connectivity index (χ4v) is 3.38. The van der Waals surface area contributed by atoms with Gasteiger partial charge in [-0.2, -0.15) is 5.10 Å². The van der Waals surface area contributed by atoms with E-state index in [4.69, 9.17) is 23.2 Å². The first-order valence-electron chi connectivity index (χ1n) is 8.00. The molecule has 0 fully saturated rings. The van der Waals surface area contributed by atoms with Gasteiger partial charge in [-0.3, -0.25) is 4.68 Å². The Bertz CT molecular complexity index is 1100. The molecule has 0 spiro atoms. The summed E-state index contributed by atoms with van der Waals surface area (Å²) in [6.07, 6.45) is 0. The predicted molar refractivity (Wildman–Crippen MR) is 104 cm³/mol. The van der Waals surface area contributed by atoms with Crippen LogP contribution >= 0.6 is 23.2 Å². The van der Waals surface area contributed by atoms with Crippen molar-refractivity contribution in [2.24, 2.45) is 14.1 Å². The van der Waals surface area contributed by atoms with Gasteiger partial charge in [-0.05, 0) is 24.3 Å². The van der Waals surface area contributed by atoms with Crippen LogP contribution in [0.5, 0.6) is 0 Å². The molecule has 26 heavy (non-hydrogen) atoms. The third-order valence-corrected chi connectivity index (χ3v) is 4.91. The lowest BCUT2D eigenvalue weighted by molar-refractivity contribution is 0.773. The van der Waals surface area contributed by atoms with Crippen LogP contribution in [0.4, 0.5) is 0 Å². The minimum Gasteiger partial charge on any atom is -0.309 e. The molecule has 0 unspecified atom stereocenters. The van der Waals surface area contributed by atoms with E-state index in [2.05, 4.69) is 15.3 Å². The number of hydrogen-bond acceptors (Lipinski definition) is 3. The number of rotatable bonds is 3. The summed E-state index contributed by atoms with van der Waals surface area (Å²) in [6, 6.07) is 17.2. The molecule has 5 nitrogen and oxygen atoms in total. The zero-order valence-electron chi connectivity index (χ0n) is 14.2. The standard InChI is InChI=1S/C19H15Cl2N5/c1-25-18(13-8-4-6-10-15(13)21)22-23-19(25)16-11-17(26(2)24-16)12-7-3-5-9-14(12)20/h3-11H,1-2H3. The minimum absolute atomic E-state index is 0.632. The molecule has 0 N–H and O–H groups in total. The van der Waals surface area contributed by atoms with Crippen molar-refractivity contribution in [3.63, 3.8) is 0 Å². The number of aryl methyl sites for hydroxylation is 1. The molecule has 130 valence electrons. The van der Waals surface area contributed by atoms with E-state index in [0.717, 1.165) is 22.5 Å². The van der Waals surface area contributed by atoms with Gasteiger partial charge < -0.3 is 4.57 Å². The lowest BCUT2D eigenvalue weighted by Crippen LogP contribution is -1.98. The van der Waals surface area contributed by atoms with E-state index in [9.17, 15) is 0 Å². The highest BCUT2D eigenvalue weighted by molar-refractivity contribution is 6.33. The quantitative estimate of drug-likeness (QED) is 0.507. The molecule has 0 amide bonds. The third kappa shape index (κ3) is 2.79. The van der Waals surface area contributed by atoms with E-state index in [1.54, 1.807) is 4.68 Å². The van der Waals surface area contributed by atoms with Crippen LogP contribution in [0.25, 0.3) is 34.2 Å². The highest BCUT2D eigenvalue weighted by Crippen LogP contribution is 2.32. The van der Waals surface area contributed by atoms with Crippen molar-refractivity contribution in [3.8, 4) is 34.2 Å². The highest BCUT2D eigenvalue weighted by atomic mass is 35.5. The number of aromatic nitrogens is 5. The summed E-state index contributed by atoms with van der Waals surface area (Å²) in [5.41, 5.74) is 3.38. The summed E-state index contributed by atoms with van der Waals surface area (Å²) >= 11 is 12.6. The largest absolute Gasteiger partial charge is 0.309 e. The van der Waals surface area contributed by atoms with Gasteiger partial charge in [-0.15, -0.1) is 10.2 Å². The molecule has 0 aliphatic heterocycles. The van der Waals surface area contributed by atoms with Crippen LogP contribution < -0.4 is 0 Å². The second-order valence-corrected chi connectivity index (χ2v) is 6.72. The summed E-state index contributed by atoms with van der Waals surface area (Å²) in [4.78, 5) is 0. The molecule has 2 aromatic carbocycles.